The van der Waals surface area contributed by atoms with Crippen LogP contribution in [0.2, 0.25) is 0 Å². The van der Waals surface area contributed by atoms with Crippen molar-refractivity contribution in [1.29, 1.82) is 0 Å². The van der Waals surface area contributed by atoms with Gasteiger partial charge in [0, 0.05) is 38.4 Å². The van der Waals surface area contributed by atoms with Gasteiger partial charge in [-0.3, -0.25) is 15.0 Å². The van der Waals surface area contributed by atoms with Crippen molar-refractivity contribution < 1.29 is 14.0 Å². The smallest absolute Gasteiger partial charge is 0.321 e. The highest BCUT2D eigenvalue weighted by Gasteiger charge is 2.26. The van der Waals surface area contributed by atoms with Crippen molar-refractivity contribution in [3.05, 3.63) is 66.0 Å². The molecule has 28 heavy (non-hydrogen) atoms. The lowest BCUT2D eigenvalue weighted by Gasteiger charge is -2.38. The molecule has 1 unspecified atom stereocenters. The summed E-state index contributed by atoms with van der Waals surface area (Å²) in [6.45, 7) is 5.03. The molecule has 148 valence electrons. The lowest BCUT2D eigenvalue weighted by Crippen LogP contribution is -2.55. The third kappa shape index (κ3) is 5.29. The minimum atomic E-state index is -0.495. The highest BCUT2D eigenvalue weighted by molar-refractivity contribution is 5.96. The van der Waals surface area contributed by atoms with Crippen molar-refractivity contribution in [2.45, 2.75) is 19.5 Å². The van der Waals surface area contributed by atoms with Gasteiger partial charge in [0.2, 0.25) is 5.91 Å². The number of hydrogen-bond donors (Lipinski definition) is 2. The van der Waals surface area contributed by atoms with E-state index in [1.165, 1.54) is 12.1 Å². The number of imide groups is 1. The van der Waals surface area contributed by atoms with Gasteiger partial charge in [-0.2, -0.15) is 0 Å². The molecule has 0 aliphatic carbocycles. The molecule has 0 radical (unpaired) electrons. The molecule has 2 N–H and O–H groups in total. The van der Waals surface area contributed by atoms with Crippen molar-refractivity contribution in [1.82, 2.24) is 15.5 Å². The first-order chi connectivity index (χ1) is 13.5. The summed E-state index contributed by atoms with van der Waals surface area (Å²) in [4.78, 5) is 28.6. The van der Waals surface area contributed by atoms with Crippen molar-refractivity contribution in [2.75, 3.05) is 31.1 Å². The Morgan fingerprint density at radius 1 is 1.00 bits per heavy atom. The fourth-order valence-electron chi connectivity index (χ4n) is 3.22. The number of rotatable bonds is 5. The first kappa shape index (κ1) is 19.8. The Morgan fingerprint density at radius 2 is 1.64 bits per heavy atom. The van der Waals surface area contributed by atoms with Gasteiger partial charge in [0.05, 0.1) is 6.04 Å². The Morgan fingerprint density at radius 3 is 2.29 bits per heavy atom. The zero-order valence-corrected chi connectivity index (χ0v) is 15.9. The molecule has 1 aliphatic heterocycles. The number of anilines is 1. The first-order valence-corrected chi connectivity index (χ1v) is 9.40. The Kier molecular flexibility index (Phi) is 6.60. The molecule has 0 aromatic heterocycles. The maximum Gasteiger partial charge on any atom is 0.321 e. The number of halogens is 1. The predicted molar refractivity (Wildman–Crippen MR) is 106 cm³/mol. The van der Waals surface area contributed by atoms with Crippen LogP contribution >= 0.6 is 0 Å². The van der Waals surface area contributed by atoms with Crippen LogP contribution in [0.15, 0.2) is 54.6 Å². The Hall–Kier alpha value is -2.93. The van der Waals surface area contributed by atoms with Crippen LogP contribution in [0.5, 0.6) is 0 Å². The summed E-state index contributed by atoms with van der Waals surface area (Å²) in [5.74, 6) is -0.570. The second kappa shape index (κ2) is 9.32. The molecule has 2 aromatic carbocycles. The minimum Gasteiger partial charge on any atom is -0.369 e. The molecule has 1 atom stereocenters. The molecule has 3 rings (SSSR count). The summed E-state index contributed by atoms with van der Waals surface area (Å²) < 4.78 is 13.1. The molecule has 7 heteroatoms. The van der Waals surface area contributed by atoms with E-state index in [9.17, 15) is 14.0 Å². The molecular formula is C21H25FN4O2. The summed E-state index contributed by atoms with van der Waals surface area (Å²) in [6, 6.07) is 15.0. The van der Waals surface area contributed by atoms with Gasteiger partial charge in [-0.1, -0.05) is 30.3 Å². The summed E-state index contributed by atoms with van der Waals surface area (Å²) in [6.07, 6.45) is 0. The lowest BCUT2D eigenvalue weighted by molar-refractivity contribution is -0.124. The van der Waals surface area contributed by atoms with Gasteiger partial charge in [-0.15, -0.1) is 0 Å². The largest absolute Gasteiger partial charge is 0.369 e. The number of nitrogens with one attached hydrogen (secondary N) is 2. The molecule has 0 saturated carbocycles. The molecule has 1 aliphatic rings. The lowest BCUT2D eigenvalue weighted by atomic mass is 10.2. The summed E-state index contributed by atoms with van der Waals surface area (Å²) in [5.41, 5.74) is 1.94. The van der Waals surface area contributed by atoms with Crippen LogP contribution in [-0.4, -0.2) is 49.1 Å². The van der Waals surface area contributed by atoms with E-state index in [-0.39, 0.29) is 11.7 Å². The molecule has 3 amide bonds. The Labute approximate surface area is 164 Å². The van der Waals surface area contributed by atoms with E-state index < -0.39 is 12.1 Å². The van der Waals surface area contributed by atoms with Crippen LogP contribution in [-0.2, 0) is 11.3 Å². The SMILES string of the molecule is CC(C(=O)NC(=O)NCc1ccccc1)N1CCN(c2ccc(F)cc2)CC1. The second-order valence-corrected chi connectivity index (χ2v) is 6.83. The Balaban J connectivity index is 1.43. The zero-order valence-electron chi connectivity index (χ0n) is 15.9. The number of carbonyl (C=O) groups excluding carboxylic acids is 2. The fourth-order valence-corrected chi connectivity index (χ4v) is 3.22. The van der Waals surface area contributed by atoms with Gasteiger partial charge in [-0.25, -0.2) is 9.18 Å². The van der Waals surface area contributed by atoms with E-state index in [4.69, 9.17) is 0 Å². The topological polar surface area (TPSA) is 64.7 Å². The average Bonchev–Trinajstić information content (AvgIpc) is 2.73. The molecule has 6 nitrogen and oxygen atoms in total. The standard InChI is InChI=1S/C21H25FN4O2/c1-16(20(27)24-21(28)23-15-17-5-3-2-4-6-17)25-11-13-26(14-12-25)19-9-7-18(22)8-10-19/h2-10,16H,11-15H2,1H3,(H2,23,24,27,28). The third-order valence-electron chi connectivity index (χ3n) is 4.97. The molecule has 1 fully saturated rings. The van der Waals surface area contributed by atoms with Crippen molar-refractivity contribution >= 4 is 17.6 Å². The number of piperazine rings is 1. The van der Waals surface area contributed by atoms with E-state index in [2.05, 4.69) is 15.5 Å². The number of benzene rings is 2. The highest BCUT2D eigenvalue weighted by Crippen LogP contribution is 2.17. The fraction of sp³-hybridized carbons (Fsp3) is 0.333. The van der Waals surface area contributed by atoms with E-state index >= 15 is 0 Å². The van der Waals surface area contributed by atoms with E-state index in [0.29, 0.717) is 19.6 Å². The molecule has 1 heterocycles. The highest BCUT2D eigenvalue weighted by atomic mass is 19.1. The van der Waals surface area contributed by atoms with Gasteiger partial charge >= 0.3 is 6.03 Å². The predicted octanol–water partition coefficient (Wildman–Crippen LogP) is 2.36. The van der Waals surface area contributed by atoms with E-state index in [1.807, 2.05) is 35.2 Å². The van der Waals surface area contributed by atoms with Crippen LogP contribution in [0.4, 0.5) is 14.9 Å². The normalized spacial score (nSPS) is 15.7. The molecular weight excluding hydrogens is 359 g/mol. The van der Waals surface area contributed by atoms with Gasteiger partial charge in [0.25, 0.3) is 0 Å². The van der Waals surface area contributed by atoms with Crippen LogP contribution < -0.4 is 15.5 Å². The molecule has 0 spiro atoms. The molecule has 0 bridgehead atoms. The number of carbonyl (C=O) groups is 2. The summed E-state index contributed by atoms with van der Waals surface area (Å²) >= 11 is 0. The monoisotopic (exact) mass is 384 g/mol. The number of nitrogens with zero attached hydrogens (tertiary/aromatic N) is 2. The molecule has 2 aromatic rings. The number of urea groups is 1. The van der Waals surface area contributed by atoms with Crippen LogP contribution in [0, 0.1) is 5.82 Å². The van der Waals surface area contributed by atoms with Gasteiger partial charge < -0.3 is 10.2 Å². The van der Waals surface area contributed by atoms with E-state index in [1.54, 1.807) is 19.1 Å². The van der Waals surface area contributed by atoms with Gasteiger partial charge in [0.15, 0.2) is 0 Å². The van der Waals surface area contributed by atoms with Crippen LogP contribution in [0.1, 0.15) is 12.5 Å². The van der Waals surface area contributed by atoms with Crippen LogP contribution in [0.3, 0.4) is 0 Å². The maximum atomic E-state index is 13.1. The minimum absolute atomic E-state index is 0.252. The first-order valence-electron chi connectivity index (χ1n) is 9.40. The van der Waals surface area contributed by atoms with Crippen molar-refractivity contribution in [3.63, 3.8) is 0 Å². The Bertz CT molecular complexity index is 790. The quantitative estimate of drug-likeness (QED) is 0.831. The maximum absolute atomic E-state index is 13.1. The second-order valence-electron chi connectivity index (χ2n) is 6.83. The number of amides is 3. The van der Waals surface area contributed by atoms with Gasteiger partial charge in [-0.05, 0) is 36.8 Å². The molecule has 1 saturated heterocycles. The number of hydrogen-bond acceptors (Lipinski definition) is 4. The average molecular weight is 384 g/mol. The third-order valence-corrected chi connectivity index (χ3v) is 4.97. The van der Waals surface area contributed by atoms with Crippen molar-refractivity contribution in [2.24, 2.45) is 0 Å². The van der Waals surface area contributed by atoms with E-state index in [0.717, 1.165) is 24.3 Å². The van der Waals surface area contributed by atoms with Gasteiger partial charge in [0.1, 0.15) is 5.82 Å². The van der Waals surface area contributed by atoms with Crippen LogP contribution in [0.25, 0.3) is 0 Å². The van der Waals surface area contributed by atoms with Crippen molar-refractivity contribution in [3.8, 4) is 0 Å². The summed E-state index contributed by atoms with van der Waals surface area (Å²) in [7, 11) is 0. The zero-order chi connectivity index (χ0) is 19.9. The summed E-state index contributed by atoms with van der Waals surface area (Å²) in [5, 5.41) is 5.10.